The van der Waals surface area contributed by atoms with Crippen molar-refractivity contribution in [3.05, 3.63) is 48.2 Å². The van der Waals surface area contributed by atoms with E-state index in [1.54, 1.807) is 35.4 Å². The lowest BCUT2D eigenvalue weighted by molar-refractivity contribution is 0.0270. The minimum atomic E-state index is -3.25. The number of hydrogen-bond acceptors (Lipinski definition) is 6. The Balaban J connectivity index is 1.58. The molecule has 0 radical (unpaired) electrons. The molecule has 3 heterocycles. The van der Waals surface area contributed by atoms with Crippen molar-refractivity contribution in [1.82, 2.24) is 19.4 Å². The van der Waals surface area contributed by atoms with Crippen LogP contribution in [0.5, 0.6) is 0 Å². The maximum Gasteiger partial charge on any atom is 0.410 e. The fraction of sp³-hybridized carbons (Fsp3) is 0.375. The van der Waals surface area contributed by atoms with Gasteiger partial charge in [0.1, 0.15) is 11.4 Å². The summed E-state index contributed by atoms with van der Waals surface area (Å²) in [7, 11) is -1.33. The molecular weight excluding hydrogens is 440 g/mol. The van der Waals surface area contributed by atoms with E-state index in [-0.39, 0.29) is 11.0 Å². The van der Waals surface area contributed by atoms with Gasteiger partial charge >= 0.3 is 6.09 Å². The van der Waals surface area contributed by atoms with Crippen molar-refractivity contribution in [2.75, 3.05) is 19.3 Å². The number of nitrogens with zero attached hydrogens (tertiary/aromatic N) is 4. The van der Waals surface area contributed by atoms with Crippen molar-refractivity contribution in [2.45, 2.75) is 37.7 Å². The van der Waals surface area contributed by atoms with E-state index in [1.807, 2.05) is 38.5 Å². The van der Waals surface area contributed by atoms with Gasteiger partial charge in [0.25, 0.3) is 0 Å². The predicted octanol–water partition coefficient (Wildman–Crippen LogP) is 4.06. The van der Waals surface area contributed by atoms with Gasteiger partial charge in [-0.15, -0.1) is 0 Å². The van der Waals surface area contributed by atoms with Crippen molar-refractivity contribution in [1.29, 1.82) is 0 Å². The Kier molecular flexibility index (Phi) is 5.78. The number of benzene rings is 1. The van der Waals surface area contributed by atoms with E-state index < -0.39 is 15.4 Å². The maximum atomic E-state index is 12.3. The van der Waals surface area contributed by atoms with E-state index in [4.69, 9.17) is 4.74 Å². The third-order valence-electron chi connectivity index (χ3n) is 5.51. The number of carbonyl (C=O) groups excluding carboxylic acids is 1. The lowest BCUT2D eigenvalue weighted by Gasteiger charge is -2.29. The Morgan fingerprint density at radius 1 is 1.12 bits per heavy atom. The second kappa shape index (κ2) is 8.30. The highest BCUT2D eigenvalue weighted by molar-refractivity contribution is 7.90. The van der Waals surface area contributed by atoms with Crippen LogP contribution in [0.15, 0.2) is 47.5 Å². The number of aryl methyl sites for hydroxylation is 1. The lowest BCUT2D eigenvalue weighted by atomic mass is 10.0. The molecular formula is C24H28N4O4S. The maximum absolute atomic E-state index is 12.3. The summed E-state index contributed by atoms with van der Waals surface area (Å²) >= 11 is 0. The van der Waals surface area contributed by atoms with E-state index >= 15 is 0 Å². The number of aromatic nitrogens is 3. The molecule has 4 rings (SSSR count). The minimum absolute atomic E-state index is 0.273. The van der Waals surface area contributed by atoms with Gasteiger partial charge in [-0.25, -0.2) is 23.2 Å². The minimum Gasteiger partial charge on any atom is -0.444 e. The average Bonchev–Trinajstić information content (AvgIpc) is 3.08. The number of fused-ring (bicyclic) bond motifs is 1. The molecule has 1 aliphatic rings. The summed E-state index contributed by atoms with van der Waals surface area (Å²) in [5, 5.41) is 0. The largest absolute Gasteiger partial charge is 0.444 e. The Labute approximate surface area is 193 Å². The number of pyridine rings is 1. The molecule has 33 heavy (non-hydrogen) atoms. The molecule has 0 unspecified atom stereocenters. The summed E-state index contributed by atoms with van der Waals surface area (Å²) in [5.74, 6) is 0.712. The molecule has 174 valence electrons. The summed E-state index contributed by atoms with van der Waals surface area (Å²) < 4.78 is 30.9. The highest BCUT2D eigenvalue weighted by Gasteiger charge is 2.24. The first-order valence-electron chi connectivity index (χ1n) is 10.7. The fourth-order valence-corrected chi connectivity index (χ4v) is 4.41. The normalized spacial score (nSPS) is 14.9. The molecule has 0 spiro atoms. The number of amides is 1. The van der Waals surface area contributed by atoms with Gasteiger partial charge in [-0.3, -0.25) is 0 Å². The highest BCUT2D eigenvalue weighted by Crippen LogP contribution is 2.28. The zero-order chi connectivity index (χ0) is 24.0. The second-order valence-corrected chi connectivity index (χ2v) is 11.3. The summed E-state index contributed by atoms with van der Waals surface area (Å²) in [6.45, 7) is 6.66. The molecule has 9 heteroatoms. The predicted molar refractivity (Wildman–Crippen MR) is 127 cm³/mol. The van der Waals surface area contributed by atoms with Crippen LogP contribution < -0.4 is 0 Å². The van der Waals surface area contributed by atoms with Gasteiger partial charge in [0.15, 0.2) is 15.5 Å². The quantitative estimate of drug-likeness (QED) is 0.575. The van der Waals surface area contributed by atoms with Gasteiger partial charge < -0.3 is 14.2 Å². The number of carbonyl (C=O) groups is 1. The number of hydrogen-bond donors (Lipinski definition) is 0. The molecule has 1 aliphatic heterocycles. The van der Waals surface area contributed by atoms with Crippen LogP contribution in [-0.2, 0) is 21.6 Å². The topological polar surface area (TPSA) is 94.4 Å². The molecule has 3 aromatic rings. The third-order valence-corrected chi connectivity index (χ3v) is 6.64. The van der Waals surface area contributed by atoms with Crippen molar-refractivity contribution in [3.63, 3.8) is 0 Å². The van der Waals surface area contributed by atoms with Crippen LogP contribution >= 0.6 is 0 Å². The van der Waals surface area contributed by atoms with E-state index in [0.29, 0.717) is 31.0 Å². The van der Waals surface area contributed by atoms with E-state index in [1.165, 1.54) is 6.26 Å². The summed E-state index contributed by atoms with van der Waals surface area (Å²) in [6.07, 6.45) is 5.45. The zero-order valence-corrected chi connectivity index (χ0v) is 20.3. The van der Waals surface area contributed by atoms with Crippen LogP contribution in [0.2, 0.25) is 0 Å². The Hall–Kier alpha value is -3.20. The van der Waals surface area contributed by atoms with Gasteiger partial charge in [0.05, 0.1) is 10.4 Å². The van der Waals surface area contributed by atoms with Gasteiger partial charge in [-0.05, 0) is 68.7 Å². The molecule has 0 saturated heterocycles. The van der Waals surface area contributed by atoms with Crippen LogP contribution in [0.3, 0.4) is 0 Å². The van der Waals surface area contributed by atoms with Crippen molar-refractivity contribution in [2.24, 2.45) is 7.05 Å². The van der Waals surface area contributed by atoms with Crippen LogP contribution in [0.25, 0.3) is 28.1 Å². The molecule has 0 fully saturated rings. The van der Waals surface area contributed by atoms with Crippen molar-refractivity contribution >= 4 is 32.7 Å². The van der Waals surface area contributed by atoms with Gasteiger partial charge in [-0.1, -0.05) is 6.08 Å². The summed E-state index contributed by atoms with van der Waals surface area (Å²) in [4.78, 5) is 23.5. The summed E-state index contributed by atoms with van der Waals surface area (Å²) in [5.41, 5.74) is 3.92. The standard InChI is InChI=1S/C24H28N4O4S/c1-24(2,3)32-23(29)28-12-10-16(11-13-28)18-14-20-21(25-15-18)26-22(27(20)4)17-6-8-19(9-7-17)33(5,30)31/h6-10,14-15H,11-13H2,1-5H3. The van der Waals surface area contributed by atoms with E-state index in [0.717, 1.165) is 22.2 Å². The zero-order valence-electron chi connectivity index (χ0n) is 19.5. The van der Waals surface area contributed by atoms with Crippen LogP contribution in [0.4, 0.5) is 4.79 Å². The number of imidazole rings is 1. The third kappa shape index (κ3) is 4.93. The molecule has 0 N–H and O–H groups in total. The smallest absolute Gasteiger partial charge is 0.410 e. The first kappa shape index (κ1) is 23.0. The molecule has 0 aliphatic carbocycles. The molecule has 8 nitrogen and oxygen atoms in total. The molecule has 0 bridgehead atoms. The van der Waals surface area contributed by atoms with Crippen LogP contribution in [-0.4, -0.2) is 58.9 Å². The Bertz CT molecular complexity index is 1350. The first-order valence-corrected chi connectivity index (χ1v) is 12.6. The van der Waals surface area contributed by atoms with Crippen LogP contribution in [0, 0.1) is 0 Å². The molecule has 0 atom stereocenters. The highest BCUT2D eigenvalue weighted by atomic mass is 32.2. The SMILES string of the molecule is Cn1c(-c2ccc(S(C)(=O)=O)cc2)nc2ncc(C3=CCN(C(=O)OC(C)(C)C)CC3)cc21. The lowest BCUT2D eigenvalue weighted by Crippen LogP contribution is -2.39. The molecule has 0 saturated carbocycles. The first-order chi connectivity index (χ1) is 15.4. The number of ether oxygens (including phenoxy) is 1. The molecule has 1 aromatic carbocycles. The number of sulfone groups is 1. The Morgan fingerprint density at radius 3 is 2.39 bits per heavy atom. The van der Waals surface area contributed by atoms with Gasteiger partial charge in [0.2, 0.25) is 0 Å². The van der Waals surface area contributed by atoms with Gasteiger partial charge in [-0.2, -0.15) is 0 Å². The van der Waals surface area contributed by atoms with Crippen molar-refractivity contribution < 1.29 is 17.9 Å². The average molecular weight is 469 g/mol. The second-order valence-electron chi connectivity index (χ2n) is 9.26. The van der Waals surface area contributed by atoms with E-state index in [2.05, 4.69) is 16.0 Å². The monoisotopic (exact) mass is 468 g/mol. The summed E-state index contributed by atoms with van der Waals surface area (Å²) in [6, 6.07) is 8.75. The van der Waals surface area contributed by atoms with Crippen LogP contribution in [0.1, 0.15) is 32.8 Å². The van der Waals surface area contributed by atoms with E-state index in [9.17, 15) is 13.2 Å². The number of rotatable bonds is 3. The Morgan fingerprint density at radius 2 is 1.82 bits per heavy atom. The van der Waals surface area contributed by atoms with Crippen molar-refractivity contribution in [3.8, 4) is 11.4 Å². The molecule has 1 amide bonds. The van der Waals surface area contributed by atoms with Gasteiger partial charge in [0, 0.05) is 38.2 Å². The molecule has 2 aromatic heterocycles. The fourth-order valence-electron chi connectivity index (χ4n) is 3.78.